The first kappa shape index (κ1) is 17.5. The molecule has 0 aliphatic carbocycles. The van der Waals surface area contributed by atoms with Crippen molar-refractivity contribution in [3.63, 3.8) is 0 Å². The highest BCUT2D eigenvalue weighted by Gasteiger charge is 2.19. The molecule has 8 heteroatoms. The minimum absolute atomic E-state index is 0.477. The largest absolute Gasteiger partial charge is 0.353 e. The lowest BCUT2D eigenvalue weighted by atomic mass is 10.2. The van der Waals surface area contributed by atoms with Crippen molar-refractivity contribution < 1.29 is 0 Å². The van der Waals surface area contributed by atoms with Gasteiger partial charge in [0.15, 0.2) is 5.82 Å². The van der Waals surface area contributed by atoms with E-state index in [4.69, 9.17) is 11.6 Å². The summed E-state index contributed by atoms with van der Waals surface area (Å²) in [7, 11) is 0. The van der Waals surface area contributed by atoms with Crippen molar-refractivity contribution in [1.29, 1.82) is 0 Å². The standard InChI is InChI=1S/C19H20ClN7/c1-14-12-15(20)5-6-16(14)23-19-24-18(13-22-25-19)27-10-8-26(9-11-27)17-4-2-3-7-21-17/h2-7,12-13H,8-11H2,1H3,(H,23,24,25). The summed E-state index contributed by atoms with van der Waals surface area (Å²) in [6.07, 6.45) is 3.53. The summed E-state index contributed by atoms with van der Waals surface area (Å²) >= 11 is 6.02. The molecule has 3 heterocycles. The van der Waals surface area contributed by atoms with Crippen molar-refractivity contribution in [2.45, 2.75) is 6.92 Å². The molecule has 27 heavy (non-hydrogen) atoms. The lowest BCUT2D eigenvalue weighted by Gasteiger charge is -2.35. The maximum atomic E-state index is 6.02. The second-order valence-corrected chi connectivity index (χ2v) is 6.82. The predicted molar refractivity (Wildman–Crippen MR) is 108 cm³/mol. The molecule has 0 amide bonds. The number of rotatable bonds is 4. The van der Waals surface area contributed by atoms with Gasteiger partial charge in [-0.2, -0.15) is 10.1 Å². The molecule has 138 valence electrons. The Morgan fingerprint density at radius 2 is 1.78 bits per heavy atom. The number of pyridine rings is 1. The van der Waals surface area contributed by atoms with Crippen LogP contribution in [-0.4, -0.2) is 46.3 Å². The fraction of sp³-hybridized carbons (Fsp3) is 0.263. The van der Waals surface area contributed by atoms with Gasteiger partial charge in [-0.1, -0.05) is 17.7 Å². The summed E-state index contributed by atoms with van der Waals surface area (Å²) < 4.78 is 0. The van der Waals surface area contributed by atoms with Crippen LogP contribution in [0.5, 0.6) is 0 Å². The molecule has 0 bridgehead atoms. The Bertz CT molecular complexity index is 911. The molecule has 1 aliphatic rings. The summed E-state index contributed by atoms with van der Waals surface area (Å²) in [4.78, 5) is 13.5. The Kier molecular flexibility index (Phi) is 5.02. The van der Waals surface area contributed by atoms with Gasteiger partial charge in [-0.3, -0.25) is 0 Å². The molecule has 0 spiro atoms. The van der Waals surface area contributed by atoms with E-state index in [1.165, 1.54) is 0 Å². The molecular weight excluding hydrogens is 362 g/mol. The minimum Gasteiger partial charge on any atom is -0.353 e. The minimum atomic E-state index is 0.477. The van der Waals surface area contributed by atoms with Crippen LogP contribution in [0.15, 0.2) is 48.8 Å². The highest BCUT2D eigenvalue weighted by atomic mass is 35.5. The van der Waals surface area contributed by atoms with Crippen LogP contribution in [0.1, 0.15) is 5.56 Å². The van der Waals surface area contributed by atoms with Crippen molar-refractivity contribution in [2.24, 2.45) is 0 Å². The zero-order valence-corrected chi connectivity index (χ0v) is 15.8. The molecule has 0 atom stereocenters. The van der Waals surface area contributed by atoms with Gasteiger partial charge < -0.3 is 15.1 Å². The number of piperazine rings is 1. The quantitative estimate of drug-likeness (QED) is 0.743. The van der Waals surface area contributed by atoms with E-state index in [0.717, 1.165) is 49.1 Å². The summed E-state index contributed by atoms with van der Waals surface area (Å²) in [6.45, 7) is 5.48. The van der Waals surface area contributed by atoms with E-state index >= 15 is 0 Å². The first-order chi connectivity index (χ1) is 13.2. The highest BCUT2D eigenvalue weighted by Crippen LogP contribution is 2.23. The van der Waals surface area contributed by atoms with Crippen LogP contribution in [0.4, 0.5) is 23.3 Å². The smallest absolute Gasteiger partial charge is 0.249 e. The Hall–Kier alpha value is -2.93. The van der Waals surface area contributed by atoms with Crippen LogP contribution < -0.4 is 15.1 Å². The monoisotopic (exact) mass is 381 g/mol. The molecule has 1 aromatic carbocycles. The van der Waals surface area contributed by atoms with Gasteiger partial charge in [-0.25, -0.2) is 4.98 Å². The third-order valence-electron chi connectivity index (χ3n) is 4.56. The second-order valence-electron chi connectivity index (χ2n) is 6.38. The van der Waals surface area contributed by atoms with Gasteiger partial charge in [0.2, 0.25) is 5.95 Å². The Labute approximate surface area is 163 Å². The molecule has 0 saturated carbocycles. The Balaban J connectivity index is 1.44. The number of halogens is 1. The summed E-state index contributed by atoms with van der Waals surface area (Å²) in [5.74, 6) is 2.31. The zero-order chi connectivity index (χ0) is 18.6. The normalized spacial score (nSPS) is 14.3. The van der Waals surface area contributed by atoms with Crippen LogP contribution in [0.25, 0.3) is 0 Å². The van der Waals surface area contributed by atoms with Crippen LogP contribution in [0, 0.1) is 6.92 Å². The third-order valence-corrected chi connectivity index (χ3v) is 4.79. The molecule has 1 N–H and O–H groups in total. The number of nitrogens with zero attached hydrogens (tertiary/aromatic N) is 6. The van der Waals surface area contributed by atoms with Crippen LogP contribution in [-0.2, 0) is 0 Å². The topological polar surface area (TPSA) is 70.1 Å². The molecule has 1 saturated heterocycles. The zero-order valence-electron chi connectivity index (χ0n) is 15.0. The number of aromatic nitrogens is 4. The Morgan fingerprint density at radius 3 is 2.48 bits per heavy atom. The van der Waals surface area contributed by atoms with Crippen molar-refractivity contribution in [2.75, 3.05) is 41.3 Å². The van der Waals surface area contributed by atoms with Gasteiger partial charge in [-0.05, 0) is 42.8 Å². The third kappa shape index (κ3) is 4.09. The molecule has 0 unspecified atom stereocenters. The lowest BCUT2D eigenvalue weighted by Crippen LogP contribution is -2.47. The number of hydrogen-bond acceptors (Lipinski definition) is 7. The fourth-order valence-electron chi connectivity index (χ4n) is 3.09. The van der Waals surface area contributed by atoms with Gasteiger partial charge in [0.1, 0.15) is 5.82 Å². The Morgan fingerprint density at radius 1 is 1.00 bits per heavy atom. The van der Waals surface area contributed by atoms with E-state index in [2.05, 4.69) is 35.3 Å². The van der Waals surface area contributed by atoms with E-state index < -0.39 is 0 Å². The van der Waals surface area contributed by atoms with E-state index in [-0.39, 0.29) is 0 Å². The van der Waals surface area contributed by atoms with Gasteiger partial charge in [0.25, 0.3) is 0 Å². The molecule has 7 nitrogen and oxygen atoms in total. The van der Waals surface area contributed by atoms with E-state index in [9.17, 15) is 0 Å². The number of aryl methyl sites for hydroxylation is 1. The highest BCUT2D eigenvalue weighted by molar-refractivity contribution is 6.30. The molecule has 4 rings (SSSR count). The molecular formula is C19H20ClN7. The predicted octanol–water partition coefficient (Wildman–Crippen LogP) is 3.30. The van der Waals surface area contributed by atoms with Gasteiger partial charge in [0.05, 0.1) is 6.20 Å². The molecule has 1 fully saturated rings. The fourth-order valence-corrected chi connectivity index (χ4v) is 3.32. The van der Waals surface area contributed by atoms with Crippen LogP contribution >= 0.6 is 11.6 Å². The van der Waals surface area contributed by atoms with Crippen molar-refractivity contribution in [3.8, 4) is 0 Å². The summed E-state index contributed by atoms with van der Waals surface area (Å²) in [5.41, 5.74) is 1.94. The van der Waals surface area contributed by atoms with Gasteiger partial charge >= 0.3 is 0 Å². The van der Waals surface area contributed by atoms with Gasteiger partial charge in [0, 0.05) is 43.1 Å². The molecule has 3 aromatic rings. The SMILES string of the molecule is Cc1cc(Cl)ccc1Nc1nncc(N2CCN(c3ccccn3)CC2)n1. The second kappa shape index (κ2) is 7.75. The average molecular weight is 382 g/mol. The number of anilines is 4. The van der Waals surface area contributed by atoms with E-state index in [1.54, 1.807) is 6.20 Å². The van der Waals surface area contributed by atoms with Crippen molar-refractivity contribution in [1.82, 2.24) is 20.2 Å². The van der Waals surface area contributed by atoms with Crippen molar-refractivity contribution >= 4 is 34.9 Å². The van der Waals surface area contributed by atoms with Crippen molar-refractivity contribution in [3.05, 3.63) is 59.4 Å². The van der Waals surface area contributed by atoms with Crippen LogP contribution in [0.3, 0.4) is 0 Å². The first-order valence-corrected chi connectivity index (χ1v) is 9.21. The number of nitrogens with one attached hydrogen (secondary N) is 1. The summed E-state index contributed by atoms with van der Waals surface area (Å²) in [5, 5.41) is 12.1. The first-order valence-electron chi connectivity index (χ1n) is 8.83. The molecule has 0 radical (unpaired) electrons. The van der Waals surface area contributed by atoms with Gasteiger partial charge in [-0.15, -0.1) is 5.10 Å². The average Bonchev–Trinajstić information content (AvgIpc) is 2.71. The lowest BCUT2D eigenvalue weighted by molar-refractivity contribution is 0.639. The van der Waals surface area contributed by atoms with E-state index in [0.29, 0.717) is 11.0 Å². The maximum absolute atomic E-state index is 6.02. The summed E-state index contributed by atoms with van der Waals surface area (Å²) in [6, 6.07) is 11.6. The number of hydrogen-bond donors (Lipinski definition) is 1. The number of benzene rings is 1. The van der Waals surface area contributed by atoms with Crippen LogP contribution in [0.2, 0.25) is 5.02 Å². The maximum Gasteiger partial charge on any atom is 0.249 e. The van der Waals surface area contributed by atoms with E-state index in [1.807, 2.05) is 49.5 Å². The molecule has 2 aromatic heterocycles. The molecule has 1 aliphatic heterocycles.